The van der Waals surface area contributed by atoms with Gasteiger partial charge in [0.25, 0.3) is 0 Å². The van der Waals surface area contributed by atoms with Crippen molar-refractivity contribution in [3.05, 3.63) is 0 Å². The molecule has 0 aromatic heterocycles. The summed E-state index contributed by atoms with van der Waals surface area (Å²) in [6.45, 7) is 23.4. The third-order valence-corrected chi connectivity index (χ3v) is 23.2. The lowest BCUT2D eigenvalue weighted by Gasteiger charge is -2.41. The van der Waals surface area contributed by atoms with Crippen LogP contribution in [0.1, 0.15) is 116 Å². The fourth-order valence-corrected chi connectivity index (χ4v) is 25.5. The summed E-state index contributed by atoms with van der Waals surface area (Å²) in [4.78, 5) is 10.1. The number of hydrogen-bond donors (Lipinski definition) is 2. The molecule has 3 atom stereocenters. The fraction of sp³-hybridized carbons (Fsp3) is 1.00. The number of rotatable bonds is 36. The minimum atomic E-state index is -4.29. The molecule has 2 N–H and O–H groups in total. The van der Waals surface area contributed by atoms with Crippen molar-refractivity contribution in [3.63, 3.8) is 0 Å². The largest absolute Gasteiger partial charge is 0.472 e. The number of ether oxygens (including phenoxy) is 1. The van der Waals surface area contributed by atoms with Gasteiger partial charge in [-0.2, -0.15) is 0 Å². The highest BCUT2D eigenvalue weighted by Gasteiger charge is 2.44. The van der Waals surface area contributed by atoms with E-state index >= 15 is 0 Å². The van der Waals surface area contributed by atoms with Gasteiger partial charge in [-0.15, -0.1) is 0 Å². The van der Waals surface area contributed by atoms with Gasteiger partial charge in [0, 0.05) is 6.61 Å². The maximum atomic E-state index is 12.4. The summed E-state index contributed by atoms with van der Waals surface area (Å²) >= 11 is 0. The van der Waals surface area contributed by atoms with E-state index in [0.717, 1.165) is 25.4 Å². The predicted molar refractivity (Wildman–Crippen MR) is 228 cm³/mol. The zero-order valence-corrected chi connectivity index (χ0v) is 41.1. The first-order valence-electron chi connectivity index (χ1n) is 20.8. The van der Waals surface area contributed by atoms with E-state index in [-0.39, 0.29) is 19.8 Å². The summed E-state index contributed by atoms with van der Waals surface area (Å²) in [7, 11) is -8.59. The molecule has 0 aromatic rings. The van der Waals surface area contributed by atoms with Crippen LogP contribution in [-0.4, -0.2) is 108 Å². The van der Waals surface area contributed by atoms with Gasteiger partial charge >= 0.3 is 24.9 Å². The van der Waals surface area contributed by atoms with Gasteiger partial charge in [0.1, 0.15) is 12.6 Å². The second-order valence-electron chi connectivity index (χ2n) is 18.2. The molecule has 15 heteroatoms. The van der Waals surface area contributed by atoms with Crippen LogP contribution in [-0.2, 0) is 30.7 Å². The molecule has 0 aliphatic heterocycles. The van der Waals surface area contributed by atoms with Crippen LogP contribution < -0.4 is 0 Å². The maximum absolute atomic E-state index is 12.4. The molecule has 0 spiro atoms. The van der Waals surface area contributed by atoms with Gasteiger partial charge in [0.05, 0.1) is 40.5 Å². The molecule has 0 heterocycles. The molecule has 0 radical (unpaired) electrons. The van der Waals surface area contributed by atoms with Crippen molar-refractivity contribution in [1.82, 2.24) is 0 Å². The molecule has 0 saturated carbocycles. The van der Waals surface area contributed by atoms with Gasteiger partial charge in [-0.05, 0) is 84.2 Å². The molecule has 0 aromatic carbocycles. The van der Waals surface area contributed by atoms with E-state index in [1.165, 1.54) is 96.3 Å². The Morgan fingerprint density at radius 3 is 1.52 bits per heavy atom. The second-order valence-corrected chi connectivity index (χ2v) is 36.1. The minimum Gasteiger partial charge on any atom is -0.437 e. The maximum Gasteiger partial charge on any atom is 0.472 e. The Bertz CT molecular complexity index is 938. The Labute approximate surface area is 326 Å². The van der Waals surface area contributed by atoms with Crippen molar-refractivity contribution in [2.24, 2.45) is 0 Å². The Hall–Kier alpha value is 0.738. The lowest BCUT2D eigenvalue weighted by Crippen LogP contribution is -2.56. The summed E-state index contributed by atoms with van der Waals surface area (Å²) < 4.78 is 48.7. The molecule has 0 rings (SSSR count). The highest BCUT2D eigenvalue weighted by Crippen LogP contribution is 2.43. The molecule has 52 heavy (non-hydrogen) atoms. The summed E-state index contributed by atoms with van der Waals surface area (Å²) in [5.41, 5.74) is 0. The molecule has 0 aliphatic carbocycles. The number of hydrogen-bond acceptors (Lipinski definition) is 8. The zero-order valence-electron chi connectivity index (χ0n) is 36.2. The van der Waals surface area contributed by atoms with Crippen LogP contribution in [0.5, 0.6) is 0 Å². The van der Waals surface area contributed by atoms with Crippen molar-refractivity contribution < 1.29 is 45.2 Å². The number of quaternary nitrogens is 1. The minimum absolute atomic E-state index is 0.0781. The Morgan fingerprint density at radius 1 is 0.596 bits per heavy atom. The molecule has 0 bridgehead atoms. The quantitative estimate of drug-likeness (QED) is 0.0276. The van der Waals surface area contributed by atoms with Crippen molar-refractivity contribution in [2.45, 2.75) is 187 Å². The van der Waals surface area contributed by atoms with Crippen LogP contribution in [0.2, 0.25) is 65.0 Å². The summed E-state index contributed by atoms with van der Waals surface area (Å²) in [5, 5.41) is 10.5. The van der Waals surface area contributed by atoms with Gasteiger partial charge < -0.3 is 31.6 Å². The van der Waals surface area contributed by atoms with Crippen LogP contribution in [0.3, 0.4) is 0 Å². The number of nitrogens with zero attached hydrogens (tertiary/aromatic N) is 1. The third-order valence-electron chi connectivity index (χ3n) is 8.69. The third kappa shape index (κ3) is 34.0. The van der Waals surface area contributed by atoms with Gasteiger partial charge in [0.15, 0.2) is 16.6 Å². The summed E-state index contributed by atoms with van der Waals surface area (Å²) in [5.74, 6) is 0. The summed E-state index contributed by atoms with van der Waals surface area (Å²) in [6, 6.07) is 0.775. The number of phosphoric ester groups is 1. The second kappa shape index (κ2) is 27.4. The zero-order chi connectivity index (χ0) is 39.8. The summed E-state index contributed by atoms with van der Waals surface area (Å²) in [6.07, 6.45) is 21.4. The molecule has 3 unspecified atom stereocenters. The molecular weight excluding hydrogens is 746 g/mol. The number of aliphatic hydroxyl groups is 1. The lowest BCUT2D eigenvalue weighted by molar-refractivity contribution is -0.893. The van der Waals surface area contributed by atoms with Crippen molar-refractivity contribution in [1.29, 1.82) is 0 Å². The highest BCUT2D eigenvalue weighted by atomic mass is 31.2. The average Bonchev–Trinajstić information content (AvgIpc) is 2.96. The number of unbranched alkanes of at least 4 members (excludes halogenated alkanes) is 15. The van der Waals surface area contributed by atoms with E-state index < -0.39 is 47.7 Å². The topological polar surface area (TPSA) is 113 Å². The molecule has 314 valence electrons. The number of aliphatic hydroxyl groups excluding tert-OH is 1. The molecule has 0 saturated heterocycles. The number of phosphoric acid groups is 1. The first-order valence-corrected chi connectivity index (χ1v) is 34.4. The van der Waals surface area contributed by atoms with E-state index in [1.54, 1.807) is 0 Å². The Kier molecular flexibility index (Phi) is 27.8. The van der Waals surface area contributed by atoms with Gasteiger partial charge in [-0.3, -0.25) is 9.05 Å². The van der Waals surface area contributed by atoms with E-state index in [2.05, 4.69) is 79.9 Å². The monoisotopic (exact) mass is 833 g/mol. The molecular formula is C37H87NO9PSi4+. The van der Waals surface area contributed by atoms with Crippen molar-refractivity contribution in [2.75, 3.05) is 53.6 Å². The first kappa shape index (κ1) is 52.7. The van der Waals surface area contributed by atoms with Crippen LogP contribution in [0.25, 0.3) is 0 Å². The van der Waals surface area contributed by atoms with Gasteiger partial charge in [-0.1, -0.05) is 96.8 Å². The van der Waals surface area contributed by atoms with Gasteiger partial charge in [0.2, 0.25) is 0 Å². The van der Waals surface area contributed by atoms with Crippen molar-refractivity contribution in [3.8, 4) is 0 Å². The molecule has 0 fully saturated rings. The average molecular weight is 833 g/mol. The molecule has 0 aliphatic rings. The lowest BCUT2D eigenvalue weighted by atomic mass is 10.0. The van der Waals surface area contributed by atoms with E-state index in [4.69, 9.17) is 26.1 Å². The Morgan fingerprint density at radius 2 is 1.06 bits per heavy atom. The number of likely N-dealkylation sites (N-methyl/N-ethyl adjacent to an activating group) is 1. The molecule has 10 nitrogen and oxygen atoms in total. The SMILES string of the molecule is CCCCCCCCCCCCCCCCCC[N+](C)(C)CC(O)COP(=O)(O)OCCOCCC[Si](C)(O[Si](C)(C)C)O[Si](C)(C)O[Si](C)(C)C. The normalized spacial score (nSPS) is 16.2. The Balaban J connectivity index is 4.14. The van der Waals surface area contributed by atoms with E-state index in [1.807, 2.05) is 0 Å². The standard InChI is InChI=1S/C37H86NO9PSi4/c1-13-14-15-16-17-18-19-20-21-22-23-24-25-26-27-28-30-38(2,3)35-37(39)36-44-48(40,41)43-33-32-42-31-29-34-52(12,46-50(7,8)9)47-51(10,11)45-49(4,5)6/h37,39H,13-36H2,1-12H3/p+1. The van der Waals surface area contributed by atoms with Crippen LogP contribution in [0.4, 0.5) is 0 Å². The first-order chi connectivity index (χ1) is 24.0. The predicted octanol–water partition coefficient (Wildman–Crippen LogP) is 10.7. The highest BCUT2D eigenvalue weighted by molar-refractivity contribution is 7.47. The van der Waals surface area contributed by atoms with Crippen LogP contribution in [0, 0.1) is 0 Å². The van der Waals surface area contributed by atoms with Gasteiger partial charge in [-0.25, -0.2) is 4.57 Å². The van der Waals surface area contributed by atoms with E-state index in [0.29, 0.717) is 17.6 Å². The van der Waals surface area contributed by atoms with Crippen molar-refractivity contribution >= 4 is 41.6 Å². The van der Waals surface area contributed by atoms with E-state index in [9.17, 15) is 14.6 Å². The van der Waals surface area contributed by atoms with Crippen LogP contribution >= 0.6 is 7.82 Å². The smallest absolute Gasteiger partial charge is 0.437 e. The van der Waals surface area contributed by atoms with Crippen LogP contribution in [0.15, 0.2) is 0 Å². The molecule has 0 amide bonds. The fourth-order valence-electron chi connectivity index (χ4n) is 6.88.